The standard InChI is InChI=1S/C27H23BrN2O5/c28-23-12-15(26(32)33)9-10-24(23)30-25(31)21-11-16(21)13-29-27(34)35-14-22-19-7-3-1-5-17(19)18-6-2-4-8-20(18)22/h1-10,12,16,21-22H,11,13-14H2,(H,29,34)(H,30,31)(H,32,33)/t16-,21-/m1/s1. The fourth-order valence-corrected chi connectivity index (χ4v) is 5.11. The van der Waals surface area contributed by atoms with Gasteiger partial charge in [0.1, 0.15) is 6.61 Å². The Hall–Kier alpha value is -3.65. The van der Waals surface area contributed by atoms with E-state index in [4.69, 9.17) is 9.84 Å². The molecule has 3 aromatic rings. The predicted molar refractivity (Wildman–Crippen MR) is 134 cm³/mol. The lowest BCUT2D eigenvalue weighted by Crippen LogP contribution is -2.29. The second-order valence-corrected chi connectivity index (χ2v) is 9.65. The van der Waals surface area contributed by atoms with Gasteiger partial charge < -0.3 is 20.5 Å². The van der Waals surface area contributed by atoms with E-state index >= 15 is 0 Å². The van der Waals surface area contributed by atoms with Crippen LogP contribution in [0.25, 0.3) is 11.1 Å². The van der Waals surface area contributed by atoms with Gasteiger partial charge in [0.25, 0.3) is 0 Å². The summed E-state index contributed by atoms with van der Waals surface area (Å²) in [5, 5.41) is 14.6. The zero-order chi connectivity index (χ0) is 24.5. The minimum atomic E-state index is -1.04. The largest absolute Gasteiger partial charge is 0.478 e. The smallest absolute Gasteiger partial charge is 0.407 e. The van der Waals surface area contributed by atoms with Crippen molar-refractivity contribution in [2.24, 2.45) is 11.8 Å². The maximum absolute atomic E-state index is 12.5. The van der Waals surface area contributed by atoms with E-state index in [1.165, 1.54) is 23.3 Å². The highest BCUT2D eigenvalue weighted by Crippen LogP contribution is 2.44. The second kappa shape index (κ2) is 9.54. The number of alkyl carbamates (subject to hydrolysis) is 1. The van der Waals surface area contributed by atoms with Gasteiger partial charge in [-0.05, 0) is 68.7 Å². The molecule has 3 N–H and O–H groups in total. The molecule has 0 bridgehead atoms. The molecule has 7 nitrogen and oxygen atoms in total. The first-order valence-corrected chi connectivity index (χ1v) is 12.1. The molecule has 3 aromatic carbocycles. The maximum atomic E-state index is 12.5. The summed E-state index contributed by atoms with van der Waals surface area (Å²) in [6.45, 7) is 0.600. The summed E-state index contributed by atoms with van der Waals surface area (Å²) >= 11 is 3.29. The highest BCUT2D eigenvalue weighted by atomic mass is 79.9. The van der Waals surface area contributed by atoms with E-state index in [0.29, 0.717) is 23.1 Å². The number of aromatic carboxylic acids is 1. The van der Waals surface area contributed by atoms with Crippen LogP contribution in [-0.2, 0) is 9.53 Å². The molecule has 35 heavy (non-hydrogen) atoms. The van der Waals surface area contributed by atoms with Gasteiger partial charge in [-0.25, -0.2) is 9.59 Å². The van der Waals surface area contributed by atoms with Crippen molar-refractivity contribution in [2.75, 3.05) is 18.5 Å². The SMILES string of the molecule is O=C(NC[C@H]1C[C@H]1C(=O)Nc1ccc(C(=O)O)cc1Br)OCC1c2ccccc2-c2ccccc21. The van der Waals surface area contributed by atoms with Gasteiger partial charge in [0.2, 0.25) is 5.91 Å². The topological polar surface area (TPSA) is 105 Å². The maximum Gasteiger partial charge on any atom is 0.407 e. The van der Waals surface area contributed by atoms with Gasteiger partial charge >= 0.3 is 12.1 Å². The first-order valence-electron chi connectivity index (χ1n) is 11.3. The van der Waals surface area contributed by atoms with E-state index < -0.39 is 12.1 Å². The highest BCUT2D eigenvalue weighted by Gasteiger charge is 2.43. The number of anilines is 1. The van der Waals surface area contributed by atoms with Gasteiger partial charge in [0.15, 0.2) is 0 Å². The van der Waals surface area contributed by atoms with Crippen molar-refractivity contribution < 1.29 is 24.2 Å². The Labute approximate surface area is 210 Å². The Morgan fingerprint density at radius 1 is 0.971 bits per heavy atom. The van der Waals surface area contributed by atoms with E-state index in [-0.39, 0.29) is 35.8 Å². The molecule has 2 aliphatic rings. The van der Waals surface area contributed by atoms with Gasteiger partial charge in [-0.1, -0.05) is 48.5 Å². The number of fused-ring (bicyclic) bond motifs is 3. The molecule has 2 aliphatic carbocycles. The number of ether oxygens (including phenoxy) is 1. The fourth-order valence-electron chi connectivity index (χ4n) is 4.63. The molecule has 8 heteroatoms. The number of rotatable bonds is 7. The molecule has 0 heterocycles. The van der Waals surface area contributed by atoms with Gasteiger partial charge in [0.05, 0.1) is 11.3 Å². The number of nitrogens with one attached hydrogen (secondary N) is 2. The zero-order valence-electron chi connectivity index (χ0n) is 18.7. The molecule has 0 saturated heterocycles. The molecule has 5 rings (SSSR count). The Morgan fingerprint density at radius 2 is 1.63 bits per heavy atom. The van der Waals surface area contributed by atoms with Crippen LogP contribution in [0.2, 0.25) is 0 Å². The van der Waals surface area contributed by atoms with E-state index in [2.05, 4.69) is 50.8 Å². The molecular weight excluding hydrogens is 512 g/mol. The first-order chi connectivity index (χ1) is 16.9. The molecule has 178 valence electrons. The molecule has 0 aromatic heterocycles. The number of carbonyl (C=O) groups is 3. The van der Waals surface area contributed by atoms with Crippen molar-refractivity contribution in [3.63, 3.8) is 0 Å². The van der Waals surface area contributed by atoms with Crippen LogP contribution < -0.4 is 10.6 Å². The number of amides is 2. The van der Waals surface area contributed by atoms with Crippen LogP contribution in [0.4, 0.5) is 10.5 Å². The summed E-state index contributed by atoms with van der Waals surface area (Å²) in [5.74, 6) is -1.38. The highest BCUT2D eigenvalue weighted by molar-refractivity contribution is 9.10. The summed E-state index contributed by atoms with van der Waals surface area (Å²) in [6, 6.07) is 20.8. The Bertz CT molecular complexity index is 1280. The van der Waals surface area contributed by atoms with Crippen molar-refractivity contribution in [3.05, 3.63) is 87.9 Å². The van der Waals surface area contributed by atoms with E-state index in [1.54, 1.807) is 6.07 Å². The number of carboxylic acids is 1. The third-order valence-electron chi connectivity index (χ3n) is 6.59. The van der Waals surface area contributed by atoms with Crippen LogP contribution in [0.5, 0.6) is 0 Å². The summed E-state index contributed by atoms with van der Waals surface area (Å²) in [5.41, 5.74) is 5.30. The number of benzene rings is 3. The minimum Gasteiger partial charge on any atom is -0.478 e. The first kappa shape index (κ1) is 23.1. The van der Waals surface area contributed by atoms with Crippen molar-refractivity contribution in [1.29, 1.82) is 0 Å². The van der Waals surface area contributed by atoms with Crippen molar-refractivity contribution >= 4 is 39.6 Å². The molecule has 2 atom stereocenters. The quantitative estimate of drug-likeness (QED) is 0.383. The number of hydrogen-bond acceptors (Lipinski definition) is 4. The molecule has 0 aliphatic heterocycles. The summed E-state index contributed by atoms with van der Waals surface area (Å²) < 4.78 is 6.05. The molecule has 0 unspecified atom stereocenters. The Balaban J connectivity index is 1.10. The Kier molecular flexibility index (Phi) is 6.30. The van der Waals surface area contributed by atoms with Crippen LogP contribution in [0.15, 0.2) is 71.2 Å². The number of carbonyl (C=O) groups excluding carboxylic acids is 2. The third-order valence-corrected chi connectivity index (χ3v) is 7.24. The third kappa shape index (κ3) is 4.79. The van der Waals surface area contributed by atoms with E-state index in [0.717, 1.165) is 11.1 Å². The average Bonchev–Trinajstić information content (AvgIpc) is 3.58. The van der Waals surface area contributed by atoms with Gasteiger partial charge in [-0.15, -0.1) is 0 Å². The lowest BCUT2D eigenvalue weighted by molar-refractivity contribution is -0.117. The van der Waals surface area contributed by atoms with Crippen LogP contribution in [0.1, 0.15) is 33.8 Å². The minimum absolute atomic E-state index is 0.00133. The van der Waals surface area contributed by atoms with Gasteiger partial charge in [-0.2, -0.15) is 0 Å². The van der Waals surface area contributed by atoms with Crippen molar-refractivity contribution in [1.82, 2.24) is 5.32 Å². The van der Waals surface area contributed by atoms with Crippen LogP contribution in [0.3, 0.4) is 0 Å². The molecule has 2 amide bonds. The second-order valence-electron chi connectivity index (χ2n) is 8.80. The zero-order valence-corrected chi connectivity index (χ0v) is 20.2. The molecular formula is C27H23BrN2O5. The normalized spacial score (nSPS) is 17.7. The molecule has 0 radical (unpaired) electrons. The molecule has 1 saturated carbocycles. The van der Waals surface area contributed by atoms with Crippen molar-refractivity contribution in [3.8, 4) is 11.1 Å². The number of halogens is 1. The monoisotopic (exact) mass is 534 g/mol. The van der Waals surface area contributed by atoms with Gasteiger partial charge in [-0.3, -0.25) is 4.79 Å². The fraction of sp³-hybridized carbons (Fsp3) is 0.222. The molecule has 1 fully saturated rings. The molecule has 0 spiro atoms. The van der Waals surface area contributed by atoms with Crippen LogP contribution >= 0.6 is 15.9 Å². The van der Waals surface area contributed by atoms with Crippen molar-refractivity contribution in [2.45, 2.75) is 12.3 Å². The number of carboxylic acid groups (broad SMARTS) is 1. The average molecular weight is 535 g/mol. The van der Waals surface area contributed by atoms with Gasteiger partial charge in [0, 0.05) is 22.9 Å². The summed E-state index contributed by atoms with van der Waals surface area (Å²) in [4.78, 5) is 36.0. The van der Waals surface area contributed by atoms with Crippen LogP contribution in [0, 0.1) is 11.8 Å². The summed E-state index contributed by atoms with van der Waals surface area (Å²) in [6.07, 6.45) is 0.172. The van der Waals surface area contributed by atoms with E-state index in [9.17, 15) is 14.4 Å². The Morgan fingerprint density at radius 3 is 2.26 bits per heavy atom. The predicted octanol–water partition coefficient (Wildman–Crippen LogP) is 5.26. The lowest BCUT2D eigenvalue weighted by atomic mass is 9.98. The van der Waals surface area contributed by atoms with Crippen LogP contribution in [-0.4, -0.2) is 36.2 Å². The van der Waals surface area contributed by atoms with E-state index in [1.807, 2.05) is 24.3 Å². The summed E-state index contributed by atoms with van der Waals surface area (Å²) in [7, 11) is 0. The lowest BCUT2D eigenvalue weighted by Gasteiger charge is -2.14. The number of hydrogen-bond donors (Lipinski definition) is 3.